The van der Waals surface area contributed by atoms with E-state index in [2.05, 4.69) is 31.8 Å². The molecule has 0 aromatic carbocycles. The average Bonchev–Trinajstić information content (AvgIpc) is 2.93. The summed E-state index contributed by atoms with van der Waals surface area (Å²) in [4.78, 5) is 26.4. The fourth-order valence-electron chi connectivity index (χ4n) is 4.81. The number of dihydropyridines is 1. The summed E-state index contributed by atoms with van der Waals surface area (Å²) >= 11 is 0. The zero-order chi connectivity index (χ0) is 22.7. The van der Waals surface area contributed by atoms with Crippen LogP contribution in [0.25, 0.3) is 0 Å². The maximum Gasteiger partial charge on any atom is 0.160 e. The van der Waals surface area contributed by atoms with Crippen molar-refractivity contribution >= 4 is 28.9 Å². The molecule has 0 bridgehead atoms. The summed E-state index contributed by atoms with van der Waals surface area (Å²) in [7, 11) is 0. The van der Waals surface area contributed by atoms with Gasteiger partial charge in [-0.25, -0.2) is 4.98 Å². The maximum atomic E-state index is 5.63. The van der Waals surface area contributed by atoms with Crippen LogP contribution in [0, 0.1) is 0 Å². The van der Waals surface area contributed by atoms with E-state index < -0.39 is 0 Å². The molecule has 0 N–H and O–H groups in total. The largest absolute Gasteiger partial charge is 0.378 e. The van der Waals surface area contributed by atoms with Crippen LogP contribution in [0.1, 0.15) is 12.1 Å². The Hall–Kier alpha value is -3.30. The van der Waals surface area contributed by atoms with Gasteiger partial charge in [-0.1, -0.05) is 12.1 Å². The number of ether oxygens (including phenoxy) is 2. The number of aromatic nitrogens is 2. The molecular weight excluding hydrogens is 430 g/mol. The number of amidine groups is 2. The number of hydrogen-bond acceptors (Lipinski definition) is 9. The maximum absolute atomic E-state index is 5.63. The second kappa shape index (κ2) is 9.52. The first-order valence-electron chi connectivity index (χ1n) is 12.0. The van der Waals surface area contributed by atoms with Gasteiger partial charge in [0.05, 0.1) is 50.5 Å². The minimum Gasteiger partial charge on any atom is -0.378 e. The van der Waals surface area contributed by atoms with Crippen molar-refractivity contribution in [2.45, 2.75) is 6.42 Å². The molecule has 2 saturated heterocycles. The predicted octanol–water partition coefficient (Wildman–Crippen LogP) is 2.15. The van der Waals surface area contributed by atoms with Gasteiger partial charge >= 0.3 is 0 Å². The lowest BCUT2D eigenvalue weighted by molar-refractivity contribution is 0.122. The number of morpholine rings is 2. The van der Waals surface area contributed by atoms with E-state index in [0.29, 0.717) is 19.8 Å². The summed E-state index contributed by atoms with van der Waals surface area (Å²) in [5.41, 5.74) is 4.07. The van der Waals surface area contributed by atoms with Crippen molar-refractivity contribution in [2.75, 3.05) is 80.4 Å². The van der Waals surface area contributed by atoms with Crippen LogP contribution < -0.4 is 14.7 Å². The topological polar surface area (TPSA) is 78.7 Å². The lowest BCUT2D eigenvalue weighted by Crippen LogP contribution is -2.46. The molecule has 34 heavy (non-hydrogen) atoms. The number of anilines is 3. The Morgan fingerprint density at radius 3 is 2.38 bits per heavy atom. The van der Waals surface area contributed by atoms with Gasteiger partial charge in [-0.3, -0.25) is 19.9 Å². The van der Waals surface area contributed by atoms with E-state index in [9.17, 15) is 0 Å². The first kappa shape index (κ1) is 21.2. The van der Waals surface area contributed by atoms with E-state index in [1.807, 2.05) is 30.6 Å². The molecule has 9 nitrogen and oxygen atoms in total. The van der Waals surface area contributed by atoms with Crippen LogP contribution in [0.15, 0.2) is 58.3 Å². The Morgan fingerprint density at radius 1 is 0.824 bits per heavy atom. The summed E-state index contributed by atoms with van der Waals surface area (Å²) < 4.78 is 11.2. The lowest BCUT2D eigenvalue weighted by Gasteiger charge is -2.38. The quantitative estimate of drug-likeness (QED) is 0.693. The highest BCUT2D eigenvalue weighted by atomic mass is 16.5. The molecule has 176 valence electrons. The Balaban J connectivity index is 1.51. The van der Waals surface area contributed by atoms with Gasteiger partial charge in [-0.05, 0) is 24.6 Å². The van der Waals surface area contributed by atoms with Crippen molar-refractivity contribution in [3.8, 4) is 0 Å². The van der Waals surface area contributed by atoms with Gasteiger partial charge in [0.15, 0.2) is 11.7 Å². The SMILES string of the molecule is C1=C2CN=C(c3ccccn3)N(c3cc(N4CCOCC4)cnc3N3CCOCC3)C2=NCC1. The van der Waals surface area contributed by atoms with Crippen LogP contribution in [-0.2, 0) is 9.47 Å². The fourth-order valence-corrected chi connectivity index (χ4v) is 4.81. The minimum atomic E-state index is 0.616. The van der Waals surface area contributed by atoms with Gasteiger partial charge < -0.3 is 19.3 Å². The molecular formula is C25H29N7O2. The molecule has 2 aromatic heterocycles. The average molecular weight is 460 g/mol. The van der Waals surface area contributed by atoms with Crippen molar-refractivity contribution < 1.29 is 9.47 Å². The normalized spacial score (nSPS) is 20.9. The second-order valence-corrected chi connectivity index (χ2v) is 8.65. The Bertz CT molecular complexity index is 1120. The summed E-state index contributed by atoms with van der Waals surface area (Å²) in [6.45, 7) is 7.54. The minimum absolute atomic E-state index is 0.616. The molecule has 0 unspecified atom stereocenters. The third-order valence-corrected chi connectivity index (χ3v) is 6.55. The molecule has 0 spiro atoms. The molecule has 0 radical (unpaired) electrons. The smallest absolute Gasteiger partial charge is 0.160 e. The van der Waals surface area contributed by atoms with E-state index >= 15 is 0 Å². The predicted molar refractivity (Wildman–Crippen MR) is 133 cm³/mol. The van der Waals surface area contributed by atoms with E-state index in [-0.39, 0.29) is 0 Å². The van der Waals surface area contributed by atoms with Gasteiger partial charge in [-0.15, -0.1) is 0 Å². The van der Waals surface area contributed by atoms with Crippen molar-refractivity contribution in [3.63, 3.8) is 0 Å². The summed E-state index contributed by atoms with van der Waals surface area (Å²) in [6, 6.07) is 8.18. The Morgan fingerprint density at radius 2 is 1.62 bits per heavy atom. The third kappa shape index (κ3) is 4.05. The molecule has 2 fully saturated rings. The van der Waals surface area contributed by atoms with Crippen LogP contribution in [-0.4, -0.2) is 87.3 Å². The van der Waals surface area contributed by atoms with Gasteiger partial charge in [0.25, 0.3) is 0 Å². The molecule has 0 atom stereocenters. The lowest BCUT2D eigenvalue weighted by atomic mass is 10.1. The molecule has 6 heterocycles. The van der Waals surface area contributed by atoms with Gasteiger partial charge in [0, 0.05) is 44.5 Å². The summed E-state index contributed by atoms with van der Waals surface area (Å²) in [6.07, 6.45) is 7.02. The molecule has 0 amide bonds. The van der Waals surface area contributed by atoms with Gasteiger partial charge in [-0.2, -0.15) is 0 Å². The van der Waals surface area contributed by atoms with Crippen LogP contribution in [0.4, 0.5) is 17.2 Å². The summed E-state index contributed by atoms with van der Waals surface area (Å²) in [5.74, 6) is 2.70. The van der Waals surface area contributed by atoms with Crippen molar-refractivity contribution in [2.24, 2.45) is 9.98 Å². The monoisotopic (exact) mass is 459 g/mol. The summed E-state index contributed by atoms with van der Waals surface area (Å²) in [5, 5.41) is 0. The third-order valence-electron chi connectivity index (χ3n) is 6.55. The van der Waals surface area contributed by atoms with E-state index in [0.717, 1.165) is 92.5 Å². The molecule has 0 aliphatic carbocycles. The molecule has 2 aromatic rings. The van der Waals surface area contributed by atoms with Crippen molar-refractivity contribution in [3.05, 3.63) is 54.0 Å². The van der Waals surface area contributed by atoms with E-state index in [4.69, 9.17) is 24.4 Å². The number of aliphatic imine (C=N–C) groups is 2. The first-order valence-corrected chi connectivity index (χ1v) is 12.0. The Kier molecular flexibility index (Phi) is 5.95. The number of pyridine rings is 2. The number of hydrogen-bond donors (Lipinski definition) is 0. The highest BCUT2D eigenvalue weighted by Crippen LogP contribution is 2.36. The molecule has 6 rings (SSSR count). The molecule has 0 saturated carbocycles. The highest BCUT2D eigenvalue weighted by molar-refractivity contribution is 6.31. The molecule has 4 aliphatic rings. The van der Waals surface area contributed by atoms with Crippen molar-refractivity contribution in [1.82, 2.24) is 9.97 Å². The van der Waals surface area contributed by atoms with E-state index in [1.165, 1.54) is 0 Å². The second-order valence-electron chi connectivity index (χ2n) is 8.65. The number of rotatable bonds is 4. The molecule has 4 aliphatic heterocycles. The van der Waals surface area contributed by atoms with Crippen molar-refractivity contribution in [1.29, 1.82) is 0 Å². The highest BCUT2D eigenvalue weighted by Gasteiger charge is 2.33. The number of nitrogens with zero attached hydrogens (tertiary/aromatic N) is 7. The number of fused-ring (bicyclic) bond motifs is 1. The van der Waals surface area contributed by atoms with Crippen LogP contribution >= 0.6 is 0 Å². The van der Waals surface area contributed by atoms with Crippen LogP contribution in [0.3, 0.4) is 0 Å². The fraction of sp³-hybridized carbons (Fsp3) is 0.440. The van der Waals surface area contributed by atoms with E-state index in [1.54, 1.807) is 0 Å². The van der Waals surface area contributed by atoms with Gasteiger partial charge in [0.1, 0.15) is 11.5 Å². The standard InChI is InChI=1S/C25H29N7O2/c1-2-6-26-21(5-1)24-28-17-19-4-3-7-27-23(19)32(24)22-16-20(30-8-12-33-13-9-30)18-29-25(22)31-10-14-34-15-11-31/h1-2,4-6,16,18H,3,7-15,17H2. The van der Waals surface area contributed by atoms with Crippen LogP contribution in [0.2, 0.25) is 0 Å². The van der Waals surface area contributed by atoms with Crippen LogP contribution in [0.5, 0.6) is 0 Å². The van der Waals surface area contributed by atoms with Gasteiger partial charge in [0.2, 0.25) is 0 Å². The zero-order valence-electron chi connectivity index (χ0n) is 19.3. The Labute approximate surface area is 199 Å². The zero-order valence-corrected chi connectivity index (χ0v) is 19.3. The molecule has 9 heteroatoms. The first-order chi connectivity index (χ1) is 16.9.